The number of nitrogens with one attached hydrogen (secondary N) is 1. The molecule has 1 N–H and O–H groups in total. The predicted octanol–water partition coefficient (Wildman–Crippen LogP) is 4.71. The van der Waals surface area contributed by atoms with Crippen molar-refractivity contribution in [3.63, 3.8) is 0 Å². The summed E-state index contributed by atoms with van der Waals surface area (Å²) in [6.07, 6.45) is 0. The molecule has 0 saturated carbocycles. The zero-order valence-corrected chi connectivity index (χ0v) is 15.6. The molecule has 0 heterocycles. The van der Waals surface area contributed by atoms with E-state index >= 15 is 0 Å². The lowest BCUT2D eigenvalue weighted by Crippen LogP contribution is -2.26. The summed E-state index contributed by atoms with van der Waals surface area (Å²) >= 11 is 0. The average molecular weight is 341 g/mol. The molecule has 0 aliphatic heterocycles. The Hall–Kier alpha value is -2.49. The van der Waals surface area contributed by atoms with Crippen LogP contribution in [0.3, 0.4) is 0 Å². The van der Waals surface area contributed by atoms with E-state index in [2.05, 4.69) is 43.4 Å². The Morgan fingerprint density at radius 1 is 1.00 bits per heavy atom. The van der Waals surface area contributed by atoms with Crippen LogP contribution >= 0.6 is 0 Å². The summed E-state index contributed by atoms with van der Waals surface area (Å²) in [7, 11) is 1.57. The van der Waals surface area contributed by atoms with Crippen LogP contribution in [-0.2, 0) is 0 Å². The number of amides is 1. The number of rotatable bonds is 7. The number of carbonyl (C=O) groups excluding carboxylic acids is 1. The highest BCUT2D eigenvalue weighted by Gasteiger charge is 2.14. The van der Waals surface area contributed by atoms with Crippen LogP contribution in [0.2, 0.25) is 0 Å². The van der Waals surface area contributed by atoms with E-state index in [0.717, 1.165) is 5.56 Å². The molecule has 134 valence electrons. The Balaban J connectivity index is 2.10. The van der Waals surface area contributed by atoms with Crippen LogP contribution in [0.5, 0.6) is 11.5 Å². The minimum atomic E-state index is -0.137. The van der Waals surface area contributed by atoms with Crippen LogP contribution in [0, 0.1) is 0 Å². The first kappa shape index (κ1) is 18.8. The molecule has 0 saturated heterocycles. The highest BCUT2D eigenvalue weighted by atomic mass is 16.5. The van der Waals surface area contributed by atoms with Gasteiger partial charge in [-0.1, -0.05) is 38.1 Å². The summed E-state index contributed by atoms with van der Waals surface area (Å²) in [6, 6.07) is 13.5. The average Bonchev–Trinajstić information content (AvgIpc) is 2.62. The third-order valence-corrected chi connectivity index (χ3v) is 4.18. The van der Waals surface area contributed by atoms with E-state index in [9.17, 15) is 4.79 Å². The maximum atomic E-state index is 12.5. The van der Waals surface area contributed by atoms with Crippen molar-refractivity contribution in [2.45, 2.75) is 39.7 Å². The van der Waals surface area contributed by atoms with Gasteiger partial charge in [-0.2, -0.15) is 0 Å². The van der Waals surface area contributed by atoms with Gasteiger partial charge in [-0.05, 0) is 49.1 Å². The topological polar surface area (TPSA) is 47.6 Å². The highest BCUT2D eigenvalue weighted by molar-refractivity contribution is 5.95. The first-order chi connectivity index (χ1) is 12.0. The molecule has 0 spiro atoms. The van der Waals surface area contributed by atoms with Crippen LogP contribution in [-0.4, -0.2) is 19.6 Å². The van der Waals surface area contributed by atoms with Gasteiger partial charge in [0.15, 0.2) is 11.5 Å². The molecular formula is C21H27NO3. The first-order valence-corrected chi connectivity index (χ1v) is 8.67. The van der Waals surface area contributed by atoms with Crippen molar-refractivity contribution in [2.24, 2.45) is 0 Å². The zero-order valence-electron chi connectivity index (χ0n) is 15.6. The molecule has 0 radical (unpaired) electrons. The smallest absolute Gasteiger partial charge is 0.251 e. The zero-order chi connectivity index (χ0) is 18.4. The van der Waals surface area contributed by atoms with Crippen molar-refractivity contribution >= 4 is 5.91 Å². The first-order valence-electron chi connectivity index (χ1n) is 8.67. The van der Waals surface area contributed by atoms with E-state index in [-0.39, 0.29) is 11.9 Å². The molecule has 1 atom stereocenters. The van der Waals surface area contributed by atoms with Gasteiger partial charge in [0.25, 0.3) is 5.91 Å². The van der Waals surface area contributed by atoms with E-state index in [1.165, 1.54) is 5.56 Å². The summed E-state index contributed by atoms with van der Waals surface area (Å²) in [4.78, 5) is 12.5. The summed E-state index contributed by atoms with van der Waals surface area (Å²) in [5.41, 5.74) is 2.92. The molecule has 0 aromatic heterocycles. The molecular weight excluding hydrogens is 314 g/mol. The Labute approximate surface area is 150 Å². The number of carbonyl (C=O) groups is 1. The van der Waals surface area contributed by atoms with E-state index in [0.29, 0.717) is 29.6 Å². The molecule has 1 amide bonds. The molecule has 1 unspecified atom stereocenters. The third-order valence-electron chi connectivity index (χ3n) is 4.18. The van der Waals surface area contributed by atoms with Gasteiger partial charge in [-0.25, -0.2) is 0 Å². The van der Waals surface area contributed by atoms with E-state index in [4.69, 9.17) is 9.47 Å². The van der Waals surface area contributed by atoms with Crippen molar-refractivity contribution in [1.29, 1.82) is 0 Å². The third kappa shape index (κ3) is 4.75. The standard InChI is InChI=1S/C21H27NO3/c1-6-25-19-12-11-18(13-20(19)24-5)21(23)22-15(4)17-9-7-16(8-10-17)14(2)3/h7-15H,6H2,1-5H3,(H,22,23). The summed E-state index contributed by atoms with van der Waals surface area (Å²) in [5, 5.41) is 3.03. The Morgan fingerprint density at radius 3 is 2.20 bits per heavy atom. The fraction of sp³-hybridized carbons (Fsp3) is 0.381. The molecule has 0 fully saturated rings. The van der Waals surface area contributed by atoms with Crippen molar-refractivity contribution < 1.29 is 14.3 Å². The maximum Gasteiger partial charge on any atom is 0.251 e. The molecule has 25 heavy (non-hydrogen) atoms. The molecule has 0 aliphatic carbocycles. The van der Waals surface area contributed by atoms with Crippen LogP contribution in [0.1, 0.15) is 61.1 Å². The predicted molar refractivity (Wildman–Crippen MR) is 101 cm³/mol. The van der Waals surface area contributed by atoms with Gasteiger partial charge in [-0.15, -0.1) is 0 Å². The van der Waals surface area contributed by atoms with Crippen LogP contribution in [0.15, 0.2) is 42.5 Å². The van der Waals surface area contributed by atoms with Gasteiger partial charge in [-0.3, -0.25) is 4.79 Å². The normalized spacial score (nSPS) is 11.9. The van der Waals surface area contributed by atoms with Gasteiger partial charge in [0.1, 0.15) is 0 Å². The lowest BCUT2D eigenvalue weighted by molar-refractivity contribution is 0.0939. The number of methoxy groups -OCH3 is 1. The quantitative estimate of drug-likeness (QED) is 0.793. The van der Waals surface area contributed by atoms with E-state index in [1.807, 2.05) is 13.8 Å². The molecule has 4 heteroatoms. The number of hydrogen-bond acceptors (Lipinski definition) is 3. The monoisotopic (exact) mass is 341 g/mol. The van der Waals surface area contributed by atoms with Crippen LogP contribution in [0.4, 0.5) is 0 Å². The lowest BCUT2D eigenvalue weighted by atomic mass is 9.99. The van der Waals surface area contributed by atoms with Crippen molar-refractivity contribution in [1.82, 2.24) is 5.32 Å². The number of hydrogen-bond donors (Lipinski definition) is 1. The van der Waals surface area contributed by atoms with Gasteiger partial charge in [0.05, 0.1) is 19.8 Å². The largest absolute Gasteiger partial charge is 0.493 e. The maximum absolute atomic E-state index is 12.5. The molecule has 2 aromatic carbocycles. The van der Waals surface area contributed by atoms with Crippen molar-refractivity contribution in [3.05, 3.63) is 59.2 Å². The highest BCUT2D eigenvalue weighted by Crippen LogP contribution is 2.28. The summed E-state index contributed by atoms with van der Waals surface area (Å²) < 4.78 is 10.8. The number of benzene rings is 2. The number of ether oxygens (including phenoxy) is 2. The van der Waals surface area contributed by atoms with Gasteiger partial charge >= 0.3 is 0 Å². The Morgan fingerprint density at radius 2 is 1.64 bits per heavy atom. The summed E-state index contributed by atoms with van der Waals surface area (Å²) in [5.74, 6) is 1.55. The fourth-order valence-corrected chi connectivity index (χ4v) is 2.62. The molecule has 2 aromatic rings. The van der Waals surface area contributed by atoms with E-state index in [1.54, 1.807) is 25.3 Å². The van der Waals surface area contributed by atoms with Crippen LogP contribution in [0.25, 0.3) is 0 Å². The fourth-order valence-electron chi connectivity index (χ4n) is 2.62. The lowest BCUT2D eigenvalue weighted by Gasteiger charge is -2.16. The summed E-state index contributed by atoms with van der Waals surface area (Å²) in [6.45, 7) is 8.77. The Bertz CT molecular complexity index is 708. The SMILES string of the molecule is CCOc1ccc(C(=O)NC(C)c2ccc(C(C)C)cc2)cc1OC. The van der Waals surface area contributed by atoms with Crippen molar-refractivity contribution in [3.8, 4) is 11.5 Å². The molecule has 4 nitrogen and oxygen atoms in total. The molecule has 0 bridgehead atoms. The molecule has 0 aliphatic rings. The molecule has 2 rings (SSSR count). The minimum absolute atomic E-state index is 0.0775. The van der Waals surface area contributed by atoms with Crippen LogP contribution < -0.4 is 14.8 Å². The van der Waals surface area contributed by atoms with Crippen molar-refractivity contribution in [2.75, 3.05) is 13.7 Å². The minimum Gasteiger partial charge on any atom is -0.493 e. The van der Waals surface area contributed by atoms with E-state index < -0.39 is 0 Å². The second-order valence-electron chi connectivity index (χ2n) is 6.32. The van der Waals surface area contributed by atoms with Gasteiger partial charge < -0.3 is 14.8 Å². The van der Waals surface area contributed by atoms with Gasteiger partial charge in [0, 0.05) is 5.56 Å². The Kier molecular flexibility index (Phi) is 6.45. The second kappa shape index (κ2) is 8.56. The second-order valence-corrected chi connectivity index (χ2v) is 6.32. The van der Waals surface area contributed by atoms with Gasteiger partial charge in [0.2, 0.25) is 0 Å².